The van der Waals surface area contributed by atoms with Gasteiger partial charge in [0.15, 0.2) is 0 Å². The number of imidazole rings is 1. The Hall–Kier alpha value is -3.41. The number of aryl methyl sites for hydroxylation is 1. The number of hydrogen-bond donors (Lipinski definition) is 1. The molecule has 4 rings (SSSR count). The number of ether oxygens (including phenoxy) is 1. The second kappa shape index (κ2) is 7.31. The summed E-state index contributed by atoms with van der Waals surface area (Å²) in [6.07, 6.45) is 3.37. The average molecular weight is 376 g/mol. The summed E-state index contributed by atoms with van der Waals surface area (Å²) in [4.78, 5) is 8.66. The van der Waals surface area contributed by atoms with Crippen LogP contribution in [0.1, 0.15) is 25.3 Å². The molecule has 0 aliphatic rings. The van der Waals surface area contributed by atoms with Crippen LogP contribution < -0.4 is 10.1 Å². The summed E-state index contributed by atoms with van der Waals surface area (Å²) in [5.74, 6) is 2.01. The van der Waals surface area contributed by atoms with E-state index in [1.807, 2.05) is 49.7 Å². The highest BCUT2D eigenvalue weighted by Crippen LogP contribution is 2.29. The van der Waals surface area contributed by atoms with E-state index in [-0.39, 0.29) is 11.7 Å². The van der Waals surface area contributed by atoms with Crippen LogP contribution in [0.25, 0.3) is 11.0 Å². The number of anilines is 2. The monoisotopic (exact) mass is 376 g/mol. The molecule has 0 fully saturated rings. The van der Waals surface area contributed by atoms with Crippen LogP contribution in [0.5, 0.6) is 11.5 Å². The van der Waals surface area contributed by atoms with Crippen molar-refractivity contribution in [2.45, 2.75) is 19.8 Å². The maximum atomic E-state index is 14.0. The number of fused-ring (bicyclic) bond motifs is 1. The summed E-state index contributed by atoms with van der Waals surface area (Å²) < 4.78 is 21.8. The molecule has 0 bridgehead atoms. The third-order valence-corrected chi connectivity index (χ3v) is 4.61. The van der Waals surface area contributed by atoms with Gasteiger partial charge in [0.1, 0.15) is 17.3 Å². The Morgan fingerprint density at radius 3 is 2.54 bits per heavy atom. The number of aromatic nitrogens is 3. The normalized spacial score (nSPS) is 11.2. The molecule has 0 aliphatic carbocycles. The third kappa shape index (κ3) is 3.53. The Morgan fingerprint density at radius 2 is 1.79 bits per heavy atom. The molecule has 0 atom stereocenters. The predicted octanol–water partition coefficient (Wildman–Crippen LogP) is 5.77. The Bertz CT molecular complexity index is 1120. The van der Waals surface area contributed by atoms with Gasteiger partial charge in [0.05, 0.1) is 11.0 Å². The van der Waals surface area contributed by atoms with Crippen molar-refractivity contribution in [1.29, 1.82) is 0 Å². The Morgan fingerprint density at radius 1 is 1.00 bits per heavy atom. The van der Waals surface area contributed by atoms with Crippen molar-refractivity contribution in [3.05, 3.63) is 72.3 Å². The van der Waals surface area contributed by atoms with Crippen LogP contribution in [-0.2, 0) is 7.05 Å². The van der Waals surface area contributed by atoms with Gasteiger partial charge in [-0.3, -0.25) is 4.98 Å². The molecule has 2 aromatic heterocycles. The summed E-state index contributed by atoms with van der Waals surface area (Å²) in [5.41, 5.74) is 3.26. The Labute approximate surface area is 162 Å². The third-order valence-electron chi connectivity index (χ3n) is 4.61. The molecule has 1 N–H and O–H groups in total. The number of halogens is 1. The number of nitrogens with zero attached hydrogens (tertiary/aromatic N) is 3. The molecule has 0 unspecified atom stereocenters. The highest BCUT2D eigenvalue weighted by Gasteiger charge is 2.12. The second-order valence-corrected chi connectivity index (χ2v) is 6.95. The van der Waals surface area contributed by atoms with Gasteiger partial charge in [-0.25, -0.2) is 9.37 Å². The van der Waals surface area contributed by atoms with Crippen molar-refractivity contribution in [3.63, 3.8) is 0 Å². The van der Waals surface area contributed by atoms with E-state index < -0.39 is 0 Å². The number of rotatable bonds is 5. The van der Waals surface area contributed by atoms with Crippen molar-refractivity contribution in [2.75, 3.05) is 5.32 Å². The summed E-state index contributed by atoms with van der Waals surface area (Å²) in [7, 11) is 1.94. The van der Waals surface area contributed by atoms with Crippen molar-refractivity contribution < 1.29 is 9.13 Å². The fourth-order valence-electron chi connectivity index (χ4n) is 3.09. The first-order chi connectivity index (χ1) is 13.5. The van der Waals surface area contributed by atoms with Gasteiger partial charge < -0.3 is 14.6 Å². The zero-order valence-electron chi connectivity index (χ0n) is 16.0. The van der Waals surface area contributed by atoms with E-state index >= 15 is 0 Å². The minimum absolute atomic E-state index is 0.107. The standard InChI is InChI=1S/C22H21FN4O/c1-14(2)18-12-15(4-6-19(18)23)25-22-26-20-13-17(5-7-21(20)27(22)3)28-16-8-10-24-11-9-16/h4-14H,1-3H3,(H,25,26). The van der Waals surface area contributed by atoms with E-state index in [2.05, 4.69) is 15.3 Å². The van der Waals surface area contributed by atoms with Crippen LogP contribution in [0.4, 0.5) is 16.0 Å². The quantitative estimate of drug-likeness (QED) is 0.481. The van der Waals surface area contributed by atoms with E-state index in [9.17, 15) is 4.39 Å². The molecule has 5 nitrogen and oxygen atoms in total. The fourth-order valence-corrected chi connectivity index (χ4v) is 3.09. The highest BCUT2D eigenvalue weighted by atomic mass is 19.1. The van der Waals surface area contributed by atoms with Crippen molar-refractivity contribution in [3.8, 4) is 11.5 Å². The topological polar surface area (TPSA) is 52.0 Å². The fraction of sp³-hybridized carbons (Fsp3) is 0.182. The van der Waals surface area contributed by atoms with E-state index in [1.165, 1.54) is 6.07 Å². The molecule has 0 aliphatic heterocycles. The van der Waals surface area contributed by atoms with Gasteiger partial charge in [-0.2, -0.15) is 0 Å². The Balaban J connectivity index is 1.63. The molecule has 0 radical (unpaired) electrons. The van der Waals surface area contributed by atoms with Gasteiger partial charge in [0.25, 0.3) is 0 Å². The molecule has 0 spiro atoms. The first-order valence-corrected chi connectivity index (χ1v) is 9.12. The average Bonchev–Trinajstić information content (AvgIpc) is 2.99. The summed E-state index contributed by atoms with van der Waals surface area (Å²) >= 11 is 0. The van der Waals surface area contributed by atoms with Crippen LogP contribution in [0.2, 0.25) is 0 Å². The van der Waals surface area contributed by atoms with Gasteiger partial charge in [-0.1, -0.05) is 13.8 Å². The molecule has 6 heteroatoms. The van der Waals surface area contributed by atoms with Gasteiger partial charge in [0.2, 0.25) is 5.95 Å². The molecule has 0 saturated carbocycles. The van der Waals surface area contributed by atoms with Crippen molar-refractivity contribution >= 4 is 22.7 Å². The molecular formula is C22H21FN4O. The number of benzene rings is 2. The van der Waals surface area contributed by atoms with E-state index in [1.54, 1.807) is 30.6 Å². The highest BCUT2D eigenvalue weighted by molar-refractivity contribution is 5.81. The van der Waals surface area contributed by atoms with E-state index in [0.717, 1.165) is 22.5 Å². The maximum Gasteiger partial charge on any atom is 0.208 e. The lowest BCUT2D eigenvalue weighted by molar-refractivity contribution is 0.482. The van der Waals surface area contributed by atoms with Gasteiger partial charge in [-0.05, 0) is 53.9 Å². The predicted molar refractivity (Wildman–Crippen MR) is 109 cm³/mol. The van der Waals surface area contributed by atoms with E-state index in [0.29, 0.717) is 17.3 Å². The molecular weight excluding hydrogens is 355 g/mol. The SMILES string of the molecule is CC(C)c1cc(Nc2nc3cc(Oc4ccncc4)ccc3n2C)ccc1F. The van der Waals surface area contributed by atoms with Crippen molar-refractivity contribution in [2.24, 2.45) is 7.05 Å². The first kappa shape index (κ1) is 18.0. The van der Waals surface area contributed by atoms with E-state index in [4.69, 9.17) is 4.74 Å². The lowest BCUT2D eigenvalue weighted by Crippen LogP contribution is -2.01. The minimum atomic E-state index is -0.191. The largest absolute Gasteiger partial charge is 0.457 e. The zero-order chi connectivity index (χ0) is 19.7. The molecule has 28 heavy (non-hydrogen) atoms. The summed E-state index contributed by atoms with van der Waals surface area (Å²) in [6, 6.07) is 14.4. The number of hydrogen-bond acceptors (Lipinski definition) is 4. The maximum absolute atomic E-state index is 14.0. The summed E-state index contributed by atoms with van der Waals surface area (Å²) in [6.45, 7) is 3.95. The van der Waals surface area contributed by atoms with Crippen LogP contribution in [0.15, 0.2) is 60.9 Å². The lowest BCUT2D eigenvalue weighted by Gasteiger charge is -2.11. The molecule has 2 aromatic carbocycles. The molecule has 0 amide bonds. The number of pyridine rings is 1. The molecule has 4 aromatic rings. The van der Waals surface area contributed by atoms with Crippen molar-refractivity contribution in [1.82, 2.24) is 14.5 Å². The Kier molecular flexibility index (Phi) is 4.69. The molecule has 0 saturated heterocycles. The van der Waals surface area contributed by atoms with Crippen LogP contribution in [0.3, 0.4) is 0 Å². The second-order valence-electron chi connectivity index (χ2n) is 6.95. The first-order valence-electron chi connectivity index (χ1n) is 9.12. The van der Waals surface area contributed by atoms with Crippen LogP contribution >= 0.6 is 0 Å². The summed E-state index contributed by atoms with van der Waals surface area (Å²) in [5, 5.41) is 3.29. The van der Waals surface area contributed by atoms with Crippen LogP contribution in [0, 0.1) is 5.82 Å². The number of nitrogens with one attached hydrogen (secondary N) is 1. The van der Waals surface area contributed by atoms with Gasteiger partial charge in [0, 0.05) is 31.2 Å². The molecule has 2 heterocycles. The van der Waals surface area contributed by atoms with Gasteiger partial charge in [-0.15, -0.1) is 0 Å². The lowest BCUT2D eigenvalue weighted by atomic mass is 10.0. The zero-order valence-corrected chi connectivity index (χ0v) is 16.0. The molecule has 142 valence electrons. The smallest absolute Gasteiger partial charge is 0.208 e. The van der Waals surface area contributed by atoms with Crippen LogP contribution in [-0.4, -0.2) is 14.5 Å². The minimum Gasteiger partial charge on any atom is -0.457 e. The van der Waals surface area contributed by atoms with Gasteiger partial charge >= 0.3 is 0 Å².